The highest BCUT2D eigenvalue weighted by molar-refractivity contribution is 5.94. The van der Waals surface area contributed by atoms with Crippen LogP contribution in [0.3, 0.4) is 0 Å². The molecule has 0 spiro atoms. The number of carbonyl (C=O) groups is 1. The van der Waals surface area contributed by atoms with Gasteiger partial charge in [0.15, 0.2) is 0 Å². The Hall–Kier alpha value is -1.83. The molecule has 14 heavy (non-hydrogen) atoms. The van der Waals surface area contributed by atoms with E-state index in [1.54, 1.807) is 0 Å². The van der Waals surface area contributed by atoms with Gasteiger partial charge in [-0.25, -0.2) is 0 Å². The molecule has 0 saturated heterocycles. The summed E-state index contributed by atoms with van der Waals surface area (Å²) in [4.78, 5) is 11.5. The molecule has 1 heterocycles. The Balaban J connectivity index is 2.04. The van der Waals surface area contributed by atoms with Gasteiger partial charge in [0.25, 0.3) is 0 Å². The molecule has 1 aromatic heterocycles. The molecule has 0 aliphatic heterocycles. The molecule has 5 nitrogen and oxygen atoms in total. The fourth-order valence-corrected chi connectivity index (χ4v) is 1.37. The highest BCUT2D eigenvalue weighted by atomic mass is 16.2. The smallest absolute Gasteiger partial charge is 0.228 e. The minimum atomic E-state index is -0.0294. The molecule has 0 radical (unpaired) electrons. The minimum Gasteiger partial charge on any atom is -0.310 e. The zero-order chi connectivity index (χ0) is 10.1. The van der Waals surface area contributed by atoms with Crippen molar-refractivity contribution in [2.24, 2.45) is 11.8 Å². The maximum Gasteiger partial charge on any atom is 0.228 e. The first-order chi connectivity index (χ1) is 6.72. The molecule has 2 unspecified atom stereocenters. The number of amides is 1. The Bertz CT molecular complexity index is 403. The van der Waals surface area contributed by atoms with Crippen molar-refractivity contribution in [1.82, 2.24) is 10.2 Å². The first-order valence-corrected chi connectivity index (χ1v) is 4.46. The number of H-pyrrole nitrogens is 1. The first-order valence-electron chi connectivity index (χ1n) is 4.46. The molecule has 1 saturated carbocycles. The van der Waals surface area contributed by atoms with Crippen molar-refractivity contribution in [2.75, 3.05) is 5.32 Å². The predicted molar refractivity (Wildman–Crippen MR) is 49.2 cm³/mol. The lowest BCUT2D eigenvalue weighted by molar-refractivity contribution is -0.117. The fraction of sp³-hybridized carbons (Fsp3) is 0.444. The van der Waals surface area contributed by atoms with E-state index < -0.39 is 0 Å². The number of aromatic amines is 1. The zero-order valence-electron chi connectivity index (χ0n) is 7.74. The van der Waals surface area contributed by atoms with Crippen molar-refractivity contribution >= 4 is 11.7 Å². The van der Waals surface area contributed by atoms with Crippen molar-refractivity contribution in [2.45, 2.75) is 13.3 Å². The summed E-state index contributed by atoms with van der Waals surface area (Å²) >= 11 is 0. The van der Waals surface area contributed by atoms with Gasteiger partial charge in [-0.1, -0.05) is 6.92 Å². The molecule has 0 aromatic carbocycles. The molecular weight excluding hydrogens is 180 g/mol. The van der Waals surface area contributed by atoms with Crippen molar-refractivity contribution in [1.29, 1.82) is 5.26 Å². The Kier molecular flexibility index (Phi) is 1.97. The van der Waals surface area contributed by atoms with Crippen LogP contribution in [0.4, 0.5) is 5.82 Å². The Morgan fingerprint density at radius 1 is 1.86 bits per heavy atom. The molecule has 2 atom stereocenters. The summed E-state index contributed by atoms with van der Waals surface area (Å²) in [5.74, 6) is 0.933. The highest BCUT2D eigenvalue weighted by Crippen LogP contribution is 2.38. The van der Waals surface area contributed by atoms with Gasteiger partial charge in [0, 0.05) is 5.92 Å². The van der Waals surface area contributed by atoms with Crippen molar-refractivity contribution < 1.29 is 4.79 Å². The minimum absolute atomic E-state index is 0.0294. The van der Waals surface area contributed by atoms with Crippen LogP contribution in [-0.2, 0) is 4.79 Å². The van der Waals surface area contributed by atoms with Crippen LogP contribution in [0, 0.1) is 23.2 Å². The summed E-state index contributed by atoms with van der Waals surface area (Å²) < 4.78 is 0. The summed E-state index contributed by atoms with van der Waals surface area (Å²) in [5.41, 5.74) is 0.367. The first kappa shape index (κ1) is 8.75. The molecule has 1 amide bonds. The monoisotopic (exact) mass is 190 g/mol. The number of rotatable bonds is 2. The van der Waals surface area contributed by atoms with E-state index in [9.17, 15) is 4.79 Å². The van der Waals surface area contributed by atoms with Crippen molar-refractivity contribution in [3.05, 3.63) is 11.8 Å². The van der Waals surface area contributed by atoms with Crippen molar-refractivity contribution in [3.63, 3.8) is 0 Å². The number of carbonyl (C=O) groups excluding carboxylic acids is 1. The van der Waals surface area contributed by atoms with Crippen LogP contribution in [0.25, 0.3) is 0 Å². The lowest BCUT2D eigenvalue weighted by Crippen LogP contribution is -2.15. The van der Waals surface area contributed by atoms with Crippen LogP contribution in [-0.4, -0.2) is 16.1 Å². The molecular formula is C9H10N4O. The molecule has 2 rings (SSSR count). The van der Waals surface area contributed by atoms with E-state index in [0.717, 1.165) is 6.42 Å². The van der Waals surface area contributed by atoms with Crippen molar-refractivity contribution in [3.8, 4) is 6.07 Å². The summed E-state index contributed by atoms with van der Waals surface area (Å²) in [7, 11) is 0. The highest BCUT2D eigenvalue weighted by Gasteiger charge is 2.39. The van der Waals surface area contributed by atoms with E-state index in [2.05, 4.69) is 15.5 Å². The van der Waals surface area contributed by atoms with E-state index in [1.807, 2.05) is 13.0 Å². The van der Waals surface area contributed by atoms with Gasteiger partial charge >= 0.3 is 0 Å². The summed E-state index contributed by atoms with van der Waals surface area (Å²) in [6.45, 7) is 2.03. The lowest BCUT2D eigenvalue weighted by atomic mass is 10.3. The maximum atomic E-state index is 11.5. The van der Waals surface area contributed by atoms with Crippen LogP contribution in [0.5, 0.6) is 0 Å². The number of hydrogen-bond donors (Lipinski definition) is 2. The van der Waals surface area contributed by atoms with E-state index in [4.69, 9.17) is 5.26 Å². The molecule has 1 fully saturated rings. The van der Waals surface area contributed by atoms with Gasteiger partial charge in [-0.3, -0.25) is 9.89 Å². The van der Waals surface area contributed by atoms with Gasteiger partial charge in [0.2, 0.25) is 5.91 Å². The van der Waals surface area contributed by atoms with Gasteiger partial charge in [-0.15, -0.1) is 0 Å². The van der Waals surface area contributed by atoms with Crippen LogP contribution in [0.1, 0.15) is 18.9 Å². The summed E-state index contributed by atoms with van der Waals surface area (Å²) in [6.07, 6.45) is 2.33. The van der Waals surface area contributed by atoms with Crippen LogP contribution in [0.2, 0.25) is 0 Å². The van der Waals surface area contributed by atoms with E-state index in [1.165, 1.54) is 6.20 Å². The topological polar surface area (TPSA) is 81.6 Å². The molecule has 0 bridgehead atoms. The third-order valence-corrected chi connectivity index (χ3v) is 2.45. The average Bonchev–Trinajstić information content (AvgIpc) is 2.74. The average molecular weight is 190 g/mol. The quantitative estimate of drug-likeness (QED) is 0.726. The molecule has 5 heteroatoms. The van der Waals surface area contributed by atoms with Crippen LogP contribution >= 0.6 is 0 Å². The number of nitriles is 1. The van der Waals surface area contributed by atoms with E-state index in [-0.39, 0.29) is 11.8 Å². The SMILES string of the molecule is CC1CC1C(=O)Nc1[nH]ncc1C#N. The standard InChI is InChI=1S/C9H10N4O/c1-5-2-7(5)9(14)12-8-6(3-10)4-11-13-8/h4-5,7H,2H2,1H3,(H2,11,12,13,14). The number of anilines is 1. The molecule has 72 valence electrons. The van der Waals surface area contributed by atoms with E-state index in [0.29, 0.717) is 17.3 Å². The molecule has 1 aliphatic rings. The molecule has 2 N–H and O–H groups in total. The number of nitrogens with one attached hydrogen (secondary N) is 2. The van der Waals surface area contributed by atoms with Gasteiger partial charge in [-0.2, -0.15) is 10.4 Å². The third-order valence-electron chi connectivity index (χ3n) is 2.45. The van der Waals surface area contributed by atoms with Gasteiger partial charge in [0.1, 0.15) is 17.5 Å². The van der Waals surface area contributed by atoms with Gasteiger partial charge in [0.05, 0.1) is 6.20 Å². The maximum absolute atomic E-state index is 11.5. The van der Waals surface area contributed by atoms with Crippen LogP contribution in [0.15, 0.2) is 6.20 Å². The van der Waals surface area contributed by atoms with Gasteiger partial charge < -0.3 is 5.32 Å². The molecule has 1 aromatic rings. The Morgan fingerprint density at radius 3 is 3.14 bits per heavy atom. The lowest BCUT2D eigenvalue weighted by Gasteiger charge is -2.00. The Labute approximate surface area is 81.1 Å². The van der Waals surface area contributed by atoms with Crippen LogP contribution < -0.4 is 5.32 Å². The summed E-state index contributed by atoms with van der Waals surface area (Å²) in [6, 6.07) is 1.94. The zero-order valence-corrected chi connectivity index (χ0v) is 7.74. The number of nitrogens with zero attached hydrogens (tertiary/aromatic N) is 2. The third kappa shape index (κ3) is 1.46. The van der Waals surface area contributed by atoms with E-state index >= 15 is 0 Å². The molecule has 1 aliphatic carbocycles. The van der Waals surface area contributed by atoms with Gasteiger partial charge in [-0.05, 0) is 12.3 Å². The number of hydrogen-bond acceptors (Lipinski definition) is 3. The second-order valence-electron chi connectivity index (χ2n) is 3.58. The predicted octanol–water partition coefficient (Wildman–Crippen LogP) is 0.876. The second kappa shape index (κ2) is 3.14. The normalized spacial score (nSPS) is 24.0. The second-order valence-corrected chi connectivity index (χ2v) is 3.58. The largest absolute Gasteiger partial charge is 0.310 e. The fourth-order valence-electron chi connectivity index (χ4n) is 1.37. The summed E-state index contributed by atoms with van der Waals surface area (Å²) in [5, 5.41) is 17.6. The number of aromatic nitrogens is 2. The Morgan fingerprint density at radius 2 is 2.57 bits per heavy atom.